The standard InChI is InChI=1S/C23H31N5O3/c1-13(29)11-30-28-21-18-10-16(31-15-6-4-14(24)5-7-15)8-9-17(18)20-19(23(21,2)3)22(25)27-12-26-20/h8-10,12-15,29H,4-7,11,24H2,1-3H3,(H2,25,26,27)/b28-21+/t13?,14-,15-. The van der Waals surface area contributed by atoms with Crippen LogP contribution in [0.25, 0.3) is 11.3 Å². The molecule has 1 unspecified atom stereocenters. The van der Waals surface area contributed by atoms with Crippen molar-refractivity contribution in [2.45, 2.75) is 70.1 Å². The zero-order chi connectivity index (χ0) is 22.2. The maximum Gasteiger partial charge on any atom is 0.142 e. The SMILES string of the molecule is CC(O)CO/N=C1\c2cc(O[C@H]3CC[C@H](N)CC3)ccc2-c2ncnc(N)c2C1(C)C. The van der Waals surface area contributed by atoms with Crippen LogP contribution in [0.1, 0.15) is 57.6 Å². The Morgan fingerprint density at radius 3 is 2.65 bits per heavy atom. The molecule has 1 fully saturated rings. The molecule has 1 aromatic carbocycles. The van der Waals surface area contributed by atoms with Crippen molar-refractivity contribution in [3.63, 3.8) is 0 Å². The molecular weight excluding hydrogens is 394 g/mol. The number of nitrogen functional groups attached to an aromatic ring is 1. The topological polar surface area (TPSA) is 129 Å². The van der Waals surface area contributed by atoms with Crippen LogP contribution in [0, 0.1) is 0 Å². The highest BCUT2D eigenvalue weighted by molar-refractivity contribution is 6.15. The molecule has 2 aliphatic rings. The van der Waals surface area contributed by atoms with Crippen LogP contribution in [0.5, 0.6) is 5.75 Å². The molecule has 0 bridgehead atoms. The third-order valence-electron chi connectivity index (χ3n) is 6.09. The fourth-order valence-electron chi connectivity index (χ4n) is 4.45. The summed E-state index contributed by atoms with van der Waals surface area (Å²) in [7, 11) is 0. The average molecular weight is 426 g/mol. The van der Waals surface area contributed by atoms with E-state index in [1.165, 1.54) is 6.33 Å². The molecule has 0 aliphatic heterocycles. The van der Waals surface area contributed by atoms with E-state index in [0.717, 1.165) is 53.8 Å². The first-order chi connectivity index (χ1) is 14.8. The number of benzene rings is 1. The number of aromatic nitrogens is 2. The van der Waals surface area contributed by atoms with Gasteiger partial charge in [0, 0.05) is 28.1 Å². The molecule has 31 heavy (non-hydrogen) atoms. The Bertz CT molecular complexity index is 981. The van der Waals surface area contributed by atoms with Crippen LogP contribution in [0.4, 0.5) is 5.82 Å². The summed E-state index contributed by atoms with van der Waals surface area (Å²) in [6.07, 6.45) is 4.88. The van der Waals surface area contributed by atoms with Crippen molar-refractivity contribution in [1.29, 1.82) is 0 Å². The smallest absolute Gasteiger partial charge is 0.142 e. The molecule has 0 radical (unpaired) electrons. The lowest BCUT2D eigenvalue weighted by Gasteiger charge is -2.35. The van der Waals surface area contributed by atoms with Crippen molar-refractivity contribution < 1.29 is 14.7 Å². The number of hydrogen-bond acceptors (Lipinski definition) is 8. The van der Waals surface area contributed by atoms with Crippen LogP contribution in [0.2, 0.25) is 0 Å². The fourth-order valence-corrected chi connectivity index (χ4v) is 4.45. The minimum absolute atomic E-state index is 0.0983. The molecule has 1 aromatic heterocycles. The maximum atomic E-state index is 9.59. The Kier molecular flexibility index (Phi) is 5.85. The van der Waals surface area contributed by atoms with Gasteiger partial charge in [-0.2, -0.15) is 0 Å². The second-order valence-electron chi connectivity index (χ2n) is 9.05. The van der Waals surface area contributed by atoms with Gasteiger partial charge in [0.05, 0.1) is 23.6 Å². The van der Waals surface area contributed by atoms with Crippen LogP contribution in [-0.2, 0) is 10.3 Å². The van der Waals surface area contributed by atoms with E-state index in [0.29, 0.717) is 11.5 Å². The molecule has 8 nitrogen and oxygen atoms in total. The zero-order valence-electron chi connectivity index (χ0n) is 18.3. The lowest BCUT2D eigenvalue weighted by Crippen LogP contribution is -2.36. The Morgan fingerprint density at radius 2 is 1.94 bits per heavy atom. The Balaban J connectivity index is 1.76. The quantitative estimate of drug-likeness (QED) is 0.628. The number of ether oxygens (including phenoxy) is 1. The molecule has 0 saturated heterocycles. The molecular formula is C23H31N5O3. The first-order valence-electron chi connectivity index (χ1n) is 10.8. The van der Waals surface area contributed by atoms with Gasteiger partial charge >= 0.3 is 0 Å². The number of nitrogens with two attached hydrogens (primary N) is 2. The van der Waals surface area contributed by atoms with Gasteiger partial charge in [-0.3, -0.25) is 0 Å². The predicted molar refractivity (Wildman–Crippen MR) is 120 cm³/mol. The van der Waals surface area contributed by atoms with E-state index in [-0.39, 0.29) is 18.8 Å². The number of aliphatic hydroxyl groups excluding tert-OH is 1. The van der Waals surface area contributed by atoms with Gasteiger partial charge < -0.3 is 26.1 Å². The summed E-state index contributed by atoms with van der Waals surface area (Å²) in [5.74, 6) is 1.20. The zero-order valence-corrected chi connectivity index (χ0v) is 18.3. The number of oxime groups is 1. The monoisotopic (exact) mass is 425 g/mol. The Hall–Kier alpha value is -2.71. The van der Waals surface area contributed by atoms with E-state index in [9.17, 15) is 5.11 Å². The van der Waals surface area contributed by atoms with E-state index in [4.69, 9.17) is 21.0 Å². The average Bonchev–Trinajstić information content (AvgIpc) is 2.71. The molecule has 2 aliphatic carbocycles. The lowest BCUT2D eigenvalue weighted by molar-refractivity contribution is 0.0493. The summed E-state index contributed by atoms with van der Waals surface area (Å²) in [5, 5.41) is 14.0. The molecule has 0 spiro atoms. The summed E-state index contributed by atoms with van der Waals surface area (Å²) >= 11 is 0. The third-order valence-corrected chi connectivity index (χ3v) is 6.09. The van der Waals surface area contributed by atoms with Gasteiger partial charge in [0.25, 0.3) is 0 Å². The maximum absolute atomic E-state index is 9.59. The molecule has 4 rings (SSSR count). The second-order valence-corrected chi connectivity index (χ2v) is 9.05. The van der Waals surface area contributed by atoms with E-state index in [1.807, 2.05) is 32.0 Å². The Morgan fingerprint density at radius 1 is 1.19 bits per heavy atom. The summed E-state index contributed by atoms with van der Waals surface area (Å²) in [6.45, 7) is 5.80. The minimum Gasteiger partial charge on any atom is -0.490 e. The van der Waals surface area contributed by atoms with E-state index in [2.05, 4.69) is 15.1 Å². The molecule has 5 N–H and O–H groups in total. The van der Waals surface area contributed by atoms with Crippen molar-refractivity contribution >= 4 is 11.5 Å². The molecule has 8 heteroatoms. The minimum atomic E-state index is -0.622. The summed E-state index contributed by atoms with van der Waals surface area (Å²) in [6, 6.07) is 6.22. The van der Waals surface area contributed by atoms with E-state index in [1.54, 1.807) is 6.92 Å². The van der Waals surface area contributed by atoms with Crippen LogP contribution >= 0.6 is 0 Å². The van der Waals surface area contributed by atoms with Gasteiger partial charge in [0.15, 0.2) is 0 Å². The summed E-state index contributed by atoms with van der Waals surface area (Å²) in [5.41, 5.74) is 15.8. The number of rotatable bonds is 5. The van der Waals surface area contributed by atoms with Crippen molar-refractivity contribution in [2.24, 2.45) is 10.9 Å². The van der Waals surface area contributed by atoms with Crippen molar-refractivity contribution in [1.82, 2.24) is 9.97 Å². The van der Waals surface area contributed by atoms with E-state index < -0.39 is 11.5 Å². The van der Waals surface area contributed by atoms with Crippen LogP contribution in [0.15, 0.2) is 29.7 Å². The molecule has 2 aromatic rings. The molecule has 166 valence electrons. The lowest BCUT2D eigenvalue weighted by atomic mass is 9.70. The van der Waals surface area contributed by atoms with Crippen LogP contribution in [-0.4, -0.2) is 45.6 Å². The fraction of sp³-hybridized carbons (Fsp3) is 0.522. The number of hydrogen-bond donors (Lipinski definition) is 3. The predicted octanol–water partition coefficient (Wildman–Crippen LogP) is 2.77. The number of anilines is 1. The summed E-state index contributed by atoms with van der Waals surface area (Å²) < 4.78 is 6.29. The number of fused-ring (bicyclic) bond motifs is 3. The second kappa shape index (κ2) is 8.43. The first-order valence-corrected chi connectivity index (χ1v) is 10.8. The van der Waals surface area contributed by atoms with Gasteiger partial charge in [-0.15, -0.1) is 0 Å². The summed E-state index contributed by atoms with van der Waals surface area (Å²) in [4.78, 5) is 14.2. The van der Waals surface area contributed by atoms with Crippen LogP contribution in [0.3, 0.4) is 0 Å². The molecule has 1 atom stereocenters. The van der Waals surface area contributed by atoms with Gasteiger partial charge in [-0.1, -0.05) is 5.16 Å². The van der Waals surface area contributed by atoms with Gasteiger partial charge in [-0.25, -0.2) is 9.97 Å². The highest BCUT2D eigenvalue weighted by Crippen LogP contribution is 2.45. The van der Waals surface area contributed by atoms with Gasteiger partial charge in [0.2, 0.25) is 0 Å². The van der Waals surface area contributed by atoms with Crippen molar-refractivity contribution in [2.75, 3.05) is 12.3 Å². The molecule has 1 saturated carbocycles. The van der Waals surface area contributed by atoms with E-state index >= 15 is 0 Å². The number of aliphatic hydroxyl groups is 1. The molecule has 0 amide bonds. The van der Waals surface area contributed by atoms with Crippen molar-refractivity contribution in [3.8, 4) is 17.0 Å². The highest BCUT2D eigenvalue weighted by atomic mass is 16.6. The van der Waals surface area contributed by atoms with Gasteiger partial charge in [0.1, 0.15) is 24.5 Å². The molecule has 1 heterocycles. The normalized spacial score (nSPS) is 24.2. The van der Waals surface area contributed by atoms with Gasteiger partial charge in [-0.05, 0) is 64.7 Å². The Labute approximate surface area is 182 Å². The largest absolute Gasteiger partial charge is 0.490 e. The first kappa shape index (κ1) is 21.5. The number of nitrogens with zero attached hydrogens (tertiary/aromatic N) is 3. The highest BCUT2D eigenvalue weighted by Gasteiger charge is 2.41. The third kappa shape index (κ3) is 4.22. The van der Waals surface area contributed by atoms with Crippen LogP contribution < -0.4 is 16.2 Å². The van der Waals surface area contributed by atoms with Crippen molar-refractivity contribution in [3.05, 3.63) is 35.7 Å².